The van der Waals surface area contributed by atoms with Crippen molar-refractivity contribution >= 4 is 46.6 Å². The molecular weight excluding hydrogens is 454 g/mol. The quantitative estimate of drug-likeness (QED) is 0.380. The zero-order chi connectivity index (χ0) is 23.4. The molecule has 7 heteroatoms. The summed E-state index contributed by atoms with van der Waals surface area (Å²) in [6, 6.07) is 25.7. The third kappa shape index (κ3) is 5.11. The van der Waals surface area contributed by atoms with Crippen LogP contribution in [0.4, 0.5) is 11.4 Å². The SMILES string of the molecule is Cc1ccc(N2C(=O)C(Cc3ccc(Cl)cc3)SC2=C(C#N)C(=O)Nc2ccccc2)cc1. The van der Waals surface area contributed by atoms with Crippen molar-refractivity contribution in [1.29, 1.82) is 5.26 Å². The number of amides is 2. The summed E-state index contributed by atoms with van der Waals surface area (Å²) in [7, 11) is 0. The number of carbonyl (C=O) groups is 2. The molecule has 1 saturated heterocycles. The largest absolute Gasteiger partial charge is 0.321 e. The first-order chi connectivity index (χ1) is 16.0. The zero-order valence-corrected chi connectivity index (χ0v) is 19.4. The molecule has 164 valence electrons. The number of aryl methyl sites for hydroxylation is 1. The predicted molar refractivity (Wildman–Crippen MR) is 133 cm³/mol. The Kier molecular flexibility index (Phi) is 6.83. The molecule has 1 N–H and O–H groups in total. The summed E-state index contributed by atoms with van der Waals surface area (Å²) in [5.74, 6) is -0.725. The van der Waals surface area contributed by atoms with Crippen molar-refractivity contribution in [2.45, 2.75) is 18.6 Å². The number of rotatable bonds is 5. The molecule has 1 unspecified atom stereocenters. The normalized spacial score (nSPS) is 16.9. The minimum absolute atomic E-state index is 0.101. The third-order valence-corrected chi connectivity index (χ3v) is 6.68. The standard InChI is InChI=1S/C26H20ClN3O2S/c1-17-7-13-21(14-8-17)30-25(32)23(15-18-9-11-19(27)12-10-18)33-26(30)22(16-28)24(31)29-20-5-3-2-4-6-20/h2-14,23H,15H2,1H3,(H,29,31). The first-order valence-corrected chi connectivity index (χ1v) is 11.5. The Labute approximate surface area is 201 Å². The van der Waals surface area contributed by atoms with Gasteiger partial charge in [-0.1, -0.05) is 71.4 Å². The van der Waals surface area contributed by atoms with Gasteiger partial charge in [-0.15, -0.1) is 0 Å². The molecule has 2 amide bonds. The average molecular weight is 474 g/mol. The summed E-state index contributed by atoms with van der Waals surface area (Å²) >= 11 is 7.23. The first-order valence-electron chi connectivity index (χ1n) is 10.3. The van der Waals surface area contributed by atoms with E-state index >= 15 is 0 Å². The number of hydrogen-bond donors (Lipinski definition) is 1. The number of anilines is 2. The fourth-order valence-corrected chi connectivity index (χ4v) is 4.90. The van der Waals surface area contributed by atoms with E-state index in [0.717, 1.165) is 11.1 Å². The van der Waals surface area contributed by atoms with Crippen LogP contribution in [0.3, 0.4) is 0 Å². The van der Waals surface area contributed by atoms with E-state index < -0.39 is 11.2 Å². The smallest absolute Gasteiger partial charge is 0.269 e. The second-order valence-electron chi connectivity index (χ2n) is 7.56. The lowest BCUT2D eigenvalue weighted by Gasteiger charge is -2.19. The summed E-state index contributed by atoms with van der Waals surface area (Å²) in [4.78, 5) is 28.0. The van der Waals surface area contributed by atoms with E-state index in [-0.39, 0.29) is 11.5 Å². The summed E-state index contributed by atoms with van der Waals surface area (Å²) in [6.07, 6.45) is 0.450. The van der Waals surface area contributed by atoms with Crippen LogP contribution in [-0.4, -0.2) is 17.1 Å². The molecule has 3 aromatic rings. The number of nitrogens with zero attached hydrogens (tertiary/aromatic N) is 2. The van der Waals surface area contributed by atoms with Gasteiger partial charge in [0, 0.05) is 16.4 Å². The summed E-state index contributed by atoms with van der Waals surface area (Å²) in [5.41, 5.74) is 3.08. The Bertz CT molecular complexity index is 1250. The van der Waals surface area contributed by atoms with Gasteiger partial charge in [0.05, 0.1) is 5.25 Å². The fourth-order valence-electron chi connectivity index (χ4n) is 3.47. The average Bonchev–Trinajstić information content (AvgIpc) is 3.12. The number of nitriles is 1. The molecule has 1 aliphatic heterocycles. The second-order valence-corrected chi connectivity index (χ2v) is 9.19. The summed E-state index contributed by atoms with van der Waals surface area (Å²) < 4.78 is 0. The molecule has 1 heterocycles. The molecule has 0 bridgehead atoms. The number of hydrogen-bond acceptors (Lipinski definition) is 4. The Morgan fingerprint density at radius 1 is 1.06 bits per heavy atom. The molecule has 1 atom stereocenters. The van der Waals surface area contributed by atoms with E-state index in [9.17, 15) is 14.9 Å². The van der Waals surface area contributed by atoms with Gasteiger partial charge in [-0.3, -0.25) is 14.5 Å². The summed E-state index contributed by atoms with van der Waals surface area (Å²) in [5, 5.41) is 13.1. The van der Waals surface area contributed by atoms with Crippen molar-refractivity contribution in [2.75, 3.05) is 10.2 Å². The van der Waals surface area contributed by atoms with Crippen molar-refractivity contribution in [3.05, 3.63) is 106 Å². The predicted octanol–water partition coefficient (Wildman–Crippen LogP) is 5.71. The molecule has 0 aliphatic carbocycles. The third-order valence-electron chi connectivity index (χ3n) is 5.16. The van der Waals surface area contributed by atoms with E-state index in [1.54, 1.807) is 36.4 Å². The molecule has 4 rings (SSSR count). The van der Waals surface area contributed by atoms with Gasteiger partial charge in [0.25, 0.3) is 5.91 Å². The maximum Gasteiger partial charge on any atom is 0.269 e. The topological polar surface area (TPSA) is 73.2 Å². The minimum atomic E-state index is -0.553. The lowest BCUT2D eigenvalue weighted by atomic mass is 10.1. The number of benzene rings is 3. The van der Waals surface area contributed by atoms with Gasteiger partial charge in [-0.2, -0.15) is 5.26 Å². The molecular formula is C26H20ClN3O2S. The Morgan fingerprint density at radius 2 is 1.73 bits per heavy atom. The second kappa shape index (κ2) is 9.95. The molecule has 3 aromatic carbocycles. The number of nitrogens with one attached hydrogen (secondary N) is 1. The van der Waals surface area contributed by atoms with E-state index in [2.05, 4.69) is 5.32 Å². The zero-order valence-electron chi connectivity index (χ0n) is 17.8. The molecule has 1 aliphatic rings. The maximum atomic E-state index is 13.5. The molecule has 0 aromatic heterocycles. The van der Waals surface area contributed by atoms with Crippen LogP contribution >= 0.6 is 23.4 Å². The number of carbonyl (C=O) groups excluding carboxylic acids is 2. The Morgan fingerprint density at radius 3 is 2.36 bits per heavy atom. The van der Waals surface area contributed by atoms with Gasteiger partial charge >= 0.3 is 0 Å². The first kappa shape index (κ1) is 22.7. The van der Waals surface area contributed by atoms with Gasteiger partial charge in [0.15, 0.2) is 0 Å². The van der Waals surface area contributed by atoms with Crippen molar-refractivity contribution < 1.29 is 9.59 Å². The van der Waals surface area contributed by atoms with E-state index in [1.807, 2.05) is 55.5 Å². The summed E-state index contributed by atoms with van der Waals surface area (Å²) in [6.45, 7) is 1.96. The van der Waals surface area contributed by atoms with Crippen molar-refractivity contribution in [3.8, 4) is 6.07 Å². The Balaban J connectivity index is 1.72. The lowest BCUT2D eigenvalue weighted by molar-refractivity contribution is -0.117. The van der Waals surface area contributed by atoms with Gasteiger partial charge in [-0.05, 0) is 55.3 Å². The van der Waals surface area contributed by atoms with Gasteiger partial charge < -0.3 is 5.32 Å². The van der Waals surface area contributed by atoms with E-state index in [0.29, 0.717) is 27.8 Å². The van der Waals surface area contributed by atoms with E-state index in [1.165, 1.54) is 16.7 Å². The van der Waals surface area contributed by atoms with Crippen LogP contribution in [0.25, 0.3) is 0 Å². The monoisotopic (exact) mass is 473 g/mol. The van der Waals surface area contributed by atoms with Crippen LogP contribution in [0.5, 0.6) is 0 Å². The minimum Gasteiger partial charge on any atom is -0.321 e. The van der Waals surface area contributed by atoms with Gasteiger partial charge in [-0.25, -0.2) is 0 Å². The van der Waals surface area contributed by atoms with Crippen LogP contribution in [0.15, 0.2) is 89.5 Å². The van der Waals surface area contributed by atoms with Crippen molar-refractivity contribution in [2.24, 2.45) is 0 Å². The highest BCUT2D eigenvalue weighted by molar-refractivity contribution is 8.05. The van der Waals surface area contributed by atoms with Crippen molar-refractivity contribution in [3.63, 3.8) is 0 Å². The number of thioether (sulfide) groups is 1. The fraction of sp³-hybridized carbons (Fsp3) is 0.115. The maximum absolute atomic E-state index is 13.5. The van der Waals surface area contributed by atoms with E-state index in [4.69, 9.17) is 11.6 Å². The molecule has 1 fully saturated rings. The Hall–Kier alpha value is -3.53. The van der Waals surface area contributed by atoms with Crippen LogP contribution in [0, 0.1) is 18.3 Å². The van der Waals surface area contributed by atoms with Crippen LogP contribution < -0.4 is 10.2 Å². The van der Waals surface area contributed by atoms with Crippen LogP contribution in [0.1, 0.15) is 11.1 Å². The molecule has 0 spiro atoms. The lowest BCUT2D eigenvalue weighted by Crippen LogP contribution is -2.30. The number of para-hydroxylation sites is 1. The number of halogens is 1. The van der Waals surface area contributed by atoms with Gasteiger partial charge in [0.1, 0.15) is 16.7 Å². The van der Waals surface area contributed by atoms with Crippen LogP contribution in [0.2, 0.25) is 5.02 Å². The van der Waals surface area contributed by atoms with Crippen LogP contribution in [-0.2, 0) is 16.0 Å². The molecule has 0 saturated carbocycles. The van der Waals surface area contributed by atoms with Crippen molar-refractivity contribution in [1.82, 2.24) is 0 Å². The molecule has 33 heavy (non-hydrogen) atoms. The highest BCUT2D eigenvalue weighted by Crippen LogP contribution is 2.42. The molecule has 0 radical (unpaired) electrons. The highest BCUT2D eigenvalue weighted by Gasteiger charge is 2.40. The van der Waals surface area contributed by atoms with Gasteiger partial charge in [0.2, 0.25) is 5.91 Å². The molecule has 5 nitrogen and oxygen atoms in total. The highest BCUT2D eigenvalue weighted by atomic mass is 35.5.